The molecule has 4 heterocycles. The summed E-state index contributed by atoms with van der Waals surface area (Å²) in [5.74, 6) is 0. The molecular weight excluding hydrogens is 667 g/mol. The molecule has 9 rings (SSSR count). The zero-order chi connectivity index (χ0) is 47.8. The molecule has 0 bridgehead atoms. The van der Waals surface area contributed by atoms with Crippen LogP contribution in [0.4, 0.5) is 33.4 Å². The predicted molar refractivity (Wildman–Crippen MR) is 232 cm³/mol. The topological polar surface area (TPSA) is 6.48 Å². The van der Waals surface area contributed by atoms with Crippen LogP contribution >= 0.6 is 22.7 Å². The second-order valence-corrected chi connectivity index (χ2v) is 19.0. The van der Waals surface area contributed by atoms with E-state index in [1.165, 1.54) is 22.7 Å². The highest BCUT2D eigenvalue weighted by atomic mass is 32.1. The summed E-state index contributed by atoms with van der Waals surface area (Å²) in [6.07, 6.45) is 0. The van der Waals surface area contributed by atoms with E-state index in [4.69, 9.17) is 2.74 Å². The van der Waals surface area contributed by atoms with Crippen molar-refractivity contribution in [2.24, 2.45) is 0 Å². The van der Waals surface area contributed by atoms with E-state index in [1.807, 2.05) is 68.4 Å². The van der Waals surface area contributed by atoms with Crippen molar-refractivity contribution in [3.8, 4) is 0 Å². The van der Waals surface area contributed by atoms with Gasteiger partial charge in [0.05, 0.1) is 28.5 Å². The molecule has 52 heavy (non-hydrogen) atoms. The maximum absolute atomic E-state index is 10.0. The lowest BCUT2D eigenvalue weighted by Gasteiger charge is -2.42. The SMILES string of the molecule is [2H]c1cc2sc3c(c2cc1[2H])B1c2sc4cc([2H])c(C(C)(C)C)cc4c2N(c2c([2H])c([2H])c(C(C)(C)C)c([2H])c2[2H])c2c([2H])c(C)c([2H])c(c21)N3c1c([2H])c([2H])c(C(C)(C)C)c([2H])c1[2H]. The summed E-state index contributed by atoms with van der Waals surface area (Å²) in [6, 6.07) is 4.62. The summed E-state index contributed by atoms with van der Waals surface area (Å²) in [6.45, 7) is 17.8. The average Bonchev–Trinajstić information content (AvgIpc) is 3.74. The zero-order valence-corrected chi connectivity index (χ0v) is 32.7. The van der Waals surface area contributed by atoms with Crippen molar-refractivity contribution in [3.05, 3.63) is 125 Å². The summed E-state index contributed by atoms with van der Waals surface area (Å²) in [7, 11) is 0. The van der Waals surface area contributed by atoms with Gasteiger partial charge >= 0.3 is 0 Å². The molecule has 0 N–H and O–H groups in total. The molecule has 2 aromatic heterocycles. The van der Waals surface area contributed by atoms with Gasteiger partial charge in [0.15, 0.2) is 0 Å². The van der Waals surface area contributed by atoms with Crippen molar-refractivity contribution >= 4 is 98.7 Å². The second-order valence-electron chi connectivity index (χ2n) is 16.9. The molecular formula is C47H47BN2S2. The minimum Gasteiger partial charge on any atom is -0.310 e. The number of rotatable bonds is 2. The Morgan fingerprint density at radius 3 is 1.71 bits per heavy atom. The first-order valence-corrected chi connectivity index (χ1v) is 19.2. The van der Waals surface area contributed by atoms with Crippen LogP contribution in [0.1, 0.15) is 102 Å². The predicted octanol–water partition coefficient (Wildman–Crippen LogP) is 12.4. The van der Waals surface area contributed by atoms with Gasteiger partial charge in [0.1, 0.15) is 0 Å². The zero-order valence-electron chi connectivity index (χ0n) is 44.1. The van der Waals surface area contributed by atoms with E-state index in [2.05, 4.69) is 0 Å². The molecule has 0 amide bonds. The molecule has 2 nitrogen and oxygen atoms in total. The number of benzene rings is 5. The summed E-state index contributed by atoms with van der Waals surface area (Å²) in [5, 5.41) is 1.71. The van der Waals surface area contributed by atoms with Crippen LogP contribution in [0, 0.1) is 6.92 Å². The molecule has 0 atom stereocenters. The van der Waals surface area contributed by atoms with Gasteiger partial charge in [-0.2, -0.15) is 0 Å². The van der Waals surface area contributed by atoms with E-state index in [9.17, 15) is 15.1 Å². The second kappa shape index (κ2) is 11.3. The molecule has 0 unspecified atom stereocenters. The molecule has 5 aromatic carbocycles. The summed E-state index contributed by atoms with van der Waals surface area (Å²) in [4.78, 5) is 3.22. The van der Waals surface area contributed by atoms with Gasteiger partial charge in [0.2, 0.25) is 0 Å². The lowest BCUT2D eigenvalue weighted by Crippen LogP contribution is -2.60. The Labute approximate surface area is 336 Å². The number of fused-ring (bicyclic) bond motifs is 8. The molecule has 5 heteroatoms. The van der Waals surface area contributed by atoms with Crippen molar-refractivity contribution in [2.75, 3.05) is 9.80 Å². The number of hydrogen-bond donors (Lipinski definition) is 0. The van der Waals surface area contributed by atoms with Crippen LogP contribution in [0.3, 0.4) is 0 Å². The minimum absolute atomic E-state index is 0.0257. The number of anilines is 6. The van der Waals surface area contributed by atoms with Crippen LogP contribution in [-0.2, 0) is 16.2 Å². The summed E-state index contributed by atoms with van der Waals surface area (Å²) < 4.78 is 125. The van der Waals surface area contributed by atoms with Gasteiger partial charge < -0.3 is 9.80 Å². The van der Waals surface area contributed by atoms with Gasteiger partial charge in [-0.1, -0.05) is 111 Å². The smallest absolute Gasteiger partial charge is 0.266 e. The standard InChI is InChI=1S/C47H47BN2S2/c1-28-25-36-41-37(26-28)50(33-22-17-30(18-23-33)46(5,6)7)44-40(34-13-11-12-14-38(34)52-44)48(41)43-42(35-27-31(47(8,9)10)19-24-39(35)51-43)49(36)32-20-15-29(16-21-32)45(2,3)4/h11-27H,1-10H3/i11D,12D,15D,16D,17D,18D,19D,20D,21D,22D,23D,25D,26D. The Morgan fingerprint density at radius 2 is 1.12 bits per heavy atom. The normalized spacial score (nSPS) is 17.7. The van der Waals surface area contributed by atoms with Crippen molar-refractivity contribution in [1.29, 1.82) is 0 Å². The van der Waals surface area contributed by atoms with Crippen LogP contribution in [0.25, 0.3) is 20.2 Å². The molecule has 0 spiro atoms. The van der Waals surface area contributed by atoms with Gasteiger partial charge in [-0.05, 0) is 116 Å². The van der Waals surface area contributed by atoms with E-state index in [-0.39, 0.29) is 112 Å². The van der Waals surface area contributed by atoms with Crippen molar-refractivity contribution in [3.63, 3.8) is 0 Å². The first-order valence-electron chi connectivity index (χ1n) is 24.1. The Balaban J connectivity index is 1.55. The Kier molecular flexibility index (Phi) is 4.81. The molecule has 7 aromatic rings. The van der Waals surface area contributed by atoms with E-state index >= 15 is 0 Å². The van der Waals surface area contributed by atoms with Crippen molar-refractivity contribution in [1.82, 2.24) is 0 Å². The Hall–Kier alpha value is -4.32. The van der Waals surface area contributed by atoms with Crippen LogP contribution in [0.15, 0.2) is 103 Å². The lowest BCUT2D eigenvalue weighted by molar-refractivity contribution is 0.590. The van der Waals surface area contributed by atoms with Gasteiger partial charge in [-0.15, -0.1) is 22.7 Å². The van der Waals surface area contributed by atoms with Crippen LogP contribution in [-0.4, -0.2) is 6.71 Å². The van der Waals surface area contributed by atoms with Crippen LogP contribution < -0.4 is 25.5 Å². The third kappa shape index (κ3) is 5.10. The highest BCUT2D eigenvalue weighted by Gasteiger charge is 2.47. The third-order valence-corrected chi connectivity index (χ3v) is 12.3. The molecule has 0 aliphatic carbocycles. The molecule has 2 aliphatic rings. The van der Waals surface area contributed by atoms with Crippen LogP contribution in [0.5, 0.6) is 0 Å². The van der Waals surface area contributed by atoms with E-state index in [0.717, 1.165) is 5.56 Å². The lowest BCUT2D eigenvalue weighted by atomic mass is 9.36. The van der Waals surface area contributed by atoms with Crippen molar-refractivity contribution in [2.45, 2.75) is 85.5 Å². The van der Waals surface area contributed by atoms with Crippen molar-refractivity contribution < 1.29 is 17.8 Å². The van der Waals surface area contributed by atoms with E-state index < -0.39 is 23.0 Å². The monoisotopic (exact) mass is 727 g/mol. The van der Waals surface area contributed by atoms with Gasteiger partial charge in [0, 0.05) is 42.3 Å². The molecule has 0 radical (unpaired) electrons. The van der Waals surface area contributed by atoms with Crippen LogP contribution in [0.2, 0.25) is 0 Å². The maximum Gasteiger partial charge on any atom is 0.266 e. The quantitative estimate of drug-likeness (QED) is 0.164. The Bertz CT molecular complexity index is 3240. The van der Waals surface area contributed by atoms with Gasteiger partial charge in [0.25, 0.3) is 6.71 Å². The third-order valence-electron chi connectivity index (χ3n) is 9.93. The Morgan fingerprint density at radius 1 is 0.577 bits per heavy atom. The number of hydrogen-bond acceptors (Lipinski definition) is 4. The first kappa shape index (κ1) is 22.0. The fourth-order valence-electron chi connectivity index (χ4n) is 7.19. The average molecular weight is 728 g/mol. The summed E-state index contributed by atoms with van der Waals surface area (Å²) >= 11 is 2.63. The minimum atomic E-state index is -0.813. The highest BCUT2D eigenvalue weighted by Crippen LogP contribution is 2.51. The molecule has 0 saturated heterocycles. The van der Waals surface area contributed by atoms with E-state index in [1.54, 1.807) is 34.9 Å². The molecule has 0 saturated carbocycles. The largest absolute Gasteiger partial charge is 0.310 e. The molecule has 0 fully saturated rings. The van der Waals surface area contributed by atoms with Gasteiger partial charge in [-0.25, -0.2) is 0 Å². The summed E-state index contributed by atoms with van der Waals surface area (Å²) in [5.41, 5.74) is 0.897. The highest BCUT2D eigenvalue weighted by molar-refractivity contribution is 7.35. The first-order chi connectivity index (χ1) is 30.0. The number of thiophene rings is 2. The van der Waals surface area contributed by atoms with Gasteiger partial charge in [-0.3, -0.25) is 0 Å². The van der Waals surface area contributed by atoms with E-state index in [0.29, 0.717) is 52.6 Å². The maximum atomic E-state index is 10.0. The molecule has 260 valence electrons. The molecule has 2 aliphatic heterocycles. The fraction of sp³-hybridized carbons (Fsp3) is 0.277. The number of nitrogens with zero attached hydrogens (tertiary/aromatic N) is 2. The fourth-order valence-corrected chi connectivity index (χ4v) is 9.68.